The van der Waals surface area contributed by atoms with E-state index < -0.39 is 0 Å². The highest BCUT2D eigenvalue weighted by Gasteiger charge is 2.19. The van der Waals surface area contributed by atoms with Gasteiger partial charge in [0.1, 0.15) is 0 Å². The van der Waals surface area contributed by atoms with E-state index in [1.807, 2.05) is 0 Å². The van der Waals surface area contributed by atoms with Crippen LogP contribution in [0, 0.1) is 12.8 Å². The molecular formula is C13H21BrN2O. The number of nitrogens with two attached hydrogens (primary N) is 1. The summed E-state index contributed by atoms with van der Waals surface area (Å²) in [5.74, 6) is 6.09. The standard InChI is InChI=1S/C13H21BrN2O/c1-9-4-5-11(12(14)8-9)13(16-15)10(2)6-7-17-3/h4-5,8,10,13,16H,6-7,15H2,1-3H3. The number of methoxy groups -OCH3 is 1. The number of benzene rings is 1. The lowest BCUT2D eigenvalue weighted by atomic mass is 9.92. The number of halogens is 1. The Balaban J connectivity index is 2.85. The average molecular weight is 301 g/mol. The smallest absolute Gasteiger partial charge is 0.0497 e. The average Bonchev–Trinajstić information content (AvgIpc) is 2.30. The molecule has 0 amide bonds. The Morgan fingerprint density at radius 3 is 2.71 bits per heavy atom. The van der Waals surface area contributed by atoms with Gasteiger partial charge >= 0.3 is 0 Å². The Morgan fingerprint density at radius 1 is 1.47 bits per heavy atom. The summed E-state index contributed by atoms with van der Waals surface area (Å²) in [5.41, 5.74) is 5.33. The summed E-state index contributed by atoms with van der Waals surface area (Å²) >= 11 is 3.60. The Bertz CT molecular complexity index is 357. The normalized spacial score (nSPS) is 14.6. The number of aryl methyl sites for hydroxylation is 1. The lowest BCUT2D eigenvalue weighted by molar-refractivity contribution is 0.170. The first kappa shape index (κ1) is 14.6. The van der Waals surface area contributed by atoms with Gasteiger partial charge in [0.05, 0.1) is 0 Å². The lowest BCUT2D eigenvalue weighted by Crippen LogP contribution is -2.33. The summed E-state index contributed by atoms with van der Waals surface area (Å²) in [4.78, 5) is 0. The van der Waals surface area contributed by atoms with Gasteiger partial charge in [0.25, 0.3) is 0 Å². The van der Waals surface area contributed by atoms with E-state index in [2.05, 4.69) is 53.4 Å². The maximum atomic E-state index is 5.67. The van der Waals surface area contributed by atoms with Gasteiger partial charge in [-0.15, -0.1) is 0 Å². The molecule has 0 saturated heterocycles. The Morgan fingerprint density at radius 2 is 2.18 bits per heavy atom. The van der Waals surface area contributed by atoms with E-state index in [0.717, 1.165) is 17.5 Å². The molecule has 3 N–H and O–H groups in total. The Kier molecular flexibility index (Phi) is 6.12. The van der Waals surface area contributed by atoms with E-state index in [1.165, 1.54) is 11.1 Å². The van der Waals surface area contributed by atoms with Crippen LogP contribution in [0.15, 0.2) is 22.7 Å². The van der Waals surface area contributed by atoms with Crippen LogP contribution < -0.4 is 11.3 Å². The zero-order valence-electron chi connectivity index (χ0n) is 10.7. The van der Waals surface area contributed by atoms with E-state index in [9.17, 15) is 0 Å². The molecule has 0 fully saturated rings. The van der Waals surface area contributed by atoms with Crippen LogP contribution in [0.3, 0.4) is 0 Å². The number of hydrazine groups is 1. The first-order chi connectivity index (χ1) is 8.10. The Hall–Kier alpha value is -0.420. The monoisotopic (exact) mass is 300 g/mol. The van der Waals surface area contributed by atoms with Crippen molar-refractivity contribution >= 4 is 15.9 Å². The van der Waals surface area contributed by atoms with E-state index in [1.54, 1.807) is 7.11 Å². The largest absolute Gasteiger partial charge is 0.385 e. The van der Waals surface area contributed by atoms with Crippen molar-refractivity contribution in [2.24, 2.45) is 11.8 Å². The second kappa shape index (κ2) is 7.11. The Labute approximate surface area is 112 Å². The number of hydrogen-bond acceptors (Lipinski definition) is 3. The predicted molar refractivity (Wildman–Crippen MR) is 74.6 cm³/mol. The molecule has 0 bridgehead atoms. The van der Waals surface area contributed by atoms with E-state index in [0.29, 0.717) is 5.92 Å². The van der Waals surface area contributed by atoms with Gasteiger partial charge in [0, 0.05) is 24.2 Å². The maximum Gasteiger partial charge on any atom is 0.0497 e. The van der Waals surface area contributed by atoms with Gasteiger partial charge in [-0.1, -0.05) is 35.0 Å². The topological polar surface area (TPSA) is 47.3 Å². The van der Waals surface area contributed by atoms with Gasteiger partial charge in [-0.05, 0) is 36.5 Å². The molecule has 0 saturated carbocycles. The SMILES string of the molecule is COCCC(C)C(NN)c1ccc(C)cc1Br. The molecule has 1 rings (SSSR count). The molecule has 96 valence electrons. The minimum Gasteiger partial charge on any atom is -0.385 e. The third kappa shape index (κ3) is 4.07. The van der Waals surface area contributed by atoms with Crippen molar-refractivity contribution in [3.05, 3.63) is 33.8 Å². The molecule has 0 aliphatic heterocycles. The zero-order valence-corrected chi connectivity index (χ0v) is 12.3. The van der Waals surface area contributed by atoms with Crippen LogP contribution >= 0.6 is 15.9 Å². The summed E-state index contributed by atoms with van der Waals surface area (Å²) in [5, 5.41) is 0. The van der Waals surface area contributed by atoms with Crippen molar-refractivity contribution in [3.8, 4) is 0 Å². The summed E-state index contributed by atoms with van der Waals surface area (Å²) in [7, 11) is 1.72. The minimum absolute atomic E-state index is 0.139. The minimum atomic E-state index is 0.139. The van der Waals surface area contributed by atoms with Crippen molar-refractivity contribution in [1.82, 2.24) is 5.43 Å². The summed E-state index contributed by atoms with van der Waals surface area (Å²) in [6.07, 6.45) is 0.978. The fraction of sp³-hybridized carbons (Fsp3) is 0.538. The molecule has 17 heavy (non-hydrogen) atoms. The zero-order chi connectivity index (χ0) is 12.8. The molecule has 3 nitrogen and oxygen atoms in total. The quantitative estimate of drug-likeness (QED) is 0.627. The molecular weight excluding hydrogens is 280 g/mol. The van der Waals surface area contributed by atoms with Gasteiger partial charge < -0.3 is 4.74 Å². The van der Waals surface area contributed by atoms with Crippen molar-refractivity contribution in [1.29, 1.82) is 0 Å². The molecule has 2 atom stereocenters. The number of ether oxygens (including phenoxy) is 1. The van der Waals surface area contributed by atoms with Crippen LogP contribution in [0.5, 0.6) is 0 Å². The summed E-state index contributed by atoms with van der Waals surface area (Å²) in [6.45, 7) is 5.01. The first-order valence-corrected chi connectivity index (χ1v) is 6.60. The van der Waals surface area contributed by atoms with Crippen LogP contribution in [0.1, 0.15) is 30.5 Å². The van der Waals surface area contributed by atoms with Gasteiger partial charge in [-0.2, -0.15) is 0 Å². The van der Waals surface area contributed by atoms with Crippen molar-refractivity contribution in [2.45, 2.75) is 26.3 Å². The molecule has 0 aliphatic carbocycles. The van der Waals surface area contributed by atoms with Gasteiger partial charge in [0.15, 0.2) is 0 Å². The van der Waals surface area contributed by atoms with Crippen molar-refractivity contribution in [3.63, 3.8) is 0 Å². The highest BCUT2D eigenvalue weighted by atomic mass is 79.9. The first-order valence-electron chi connectivity index (χ1n) is 5.81. The molecule has 2 unspecified atom stereocenters. The molecule has 0 aliphatic rings. The van der Waals surface area contributed by atoms with Gasteiger partial charge in [-0.3, -0.25) is 11.3 Å². The van der Waals surface area contributed by atoms with Gasteiger partial charge in [0.2, 0.25) is 0 Å². The van der Waals surface area contributed by atoms with Crippen LogP contribution in [0.25, 0.3) is 0 Å². The molecule has 0 spiro atoms. The van der Waals surface area contributed by atoms with E-state index >= 15 is 0 Å². The van der Waals surface area contributed by atoms with E-state index in [-0.39, 0.29) is 6.04 Å². The fourth-order valence-electron chi connectivity index (χ4n) is 1.92. The third-order valence-electron chi connectivity index (χ3n) is 3.02. The number of rotatable bonds is 6. The fourth-order valence-corrected chi connectivity index (χ4v) is 2.66. The molecule has 0 heterocycles. The van der Waals surface area contributed by atoms with Gasteiger partial charge in [-0.25, -0.2) is 0 Å². The molecule has 4 heteroatoms. The van der Waals surface area contributed by atoms with Crippen molar-refractivity contribution in [2.75, 3.05) is 13.7 Å². The number of nitrogens with one attached hydrogen (secondary N) is 1. The van der Waals surface area contributed by atoms with E-state index in [4.69, 9.17) is 10.6 Å². The molecule has 0 radical (unpaired) electrons. The lowest BCUT2D eigenvalue weighted by Gasteiger charge is -2.24. The molecule has 1 aromatic rings. The van der Waals surface area contributed by atoms with Crippen LogP contribution in [0.2, 0.25) is 0 Å². The molecule has 1 aromatic carbocycles. The maximum absolute atomic E-state index is 5.67. The highest BCUT2D eigenvalue weighted by Crippen LogP contribution is 2.30. The second-order valence-corrected chi connectivity index (χ2v) is 5.28. The van der Waals surface area contributed by atoms with Crippen molar-refractivity contribution < 1.29 is 4.74 Å². The molecule has 0 aromatic heterocycles. The third-order valence-corrected chi connectivity index (χ3v) is 3.70. The van der Waals surface area contributed by atoms with Crippen LogP contribution in [-0.2, 0) is 4.74 Å². The predicted octanol–water partition coefficient (Wildman–Crippen LogP) is 2.93. The van der Waals surface area contributed by atoms with Crippen LogP contribution in [0.4, 0.5) is 0 Å². The van der Waals surface area contributed by atoms with Crippen LogP contribution in [-0.4, -0.2) is 13.7 Å². The highest BCUT2D eigenvalue weighted by molar-refractivity contribution is 9.10. The summed E-state index contributed by atoms with van der Waals surface area (Å²) < 4.78 is 6.21. The summed E-state index contributed by atoms with van der Waals surface area (Å²) in [6, 6.07) is 6.48. The second-order valence-electron chi connectivity index (χ2n) is 4.43. The number of hydrogen-bond donors (Lipinski definition) is 2.